The molecule has 1 spiro atoms. The van der Waals surface area contributed by atoms with Crippen molar-refractivity contribution in [3.63, 3.8) is 0 Å². The van der Waals surface area contributed by atoms with Crippen LogP contribution >= 0.6 is 0 Å². The minimum atomic E-state index is -0.959. The number of hydrogen-bond donors (Lipinski definition) is 0. The lowest BCUT2D eigenvalue weighted by Gasteiger charge is -2.17. The van der Waals surface area contributed by atoms with E-state index in [1.165, 1.54) is 7.11 Å². The van der Waals surface area contributed by atoms with E-state index < -0.39 is 11.7 Å². The van der Waals surface area contributed by atoms with Gasteiger partial charge in [0, 0.05) is 7.11 Å². The Bertz CT molecular complexity index is 564. The first-order chi connectivity index (χ1) is 10.1. The Morgan fingerprint density at radius 1 is 1.38 bits per heavy atom. The van der Waals surface area contributed by atoms with Crippen molar-refractivity contribution in [1.82, 2.24) is 15.0 Å². The SMILES string of the molecule is COC(C)c1noc(CN2C(=O)OC3(CCCC3)C2=O)n1. The molecule has 1 aromatic rings. The molecule has 1 saturated heterocycles. The molecule has 0 aromatic carbocycles. The van der Waals surface area contributed by atoms with E-state index in [-0.39, 0.29) is 24.4 Å². The molecule has 0 radical (unpaired) electrons. The van der Waals surface area contributed by atoms with Crippen LogP contribution in [0, 0.1) is 0 Å². The van der Waals surface area contributed by atoms with Crippen LogP contribution in [-0.2, 0) is 20.8 Å². The van der Waals surface area contributed by atoms with E-state index in [9.17, 15) is 9.59 Å². The first-order valence-corrected chi connectivity index (χ1v) is 6.96. The predicted molar refractivity (Wildman–Crippen MR) is 68.0 cm³/mol. The van der Waals surface area contributed by atoms with Crippen molar-refractivity contribution < 1.29 is 23.6 Å². The third-order valence-electron chi connectivity index (χ3n) is 4.04. The second-order valence-corrected chi connectivity index (χ2v) is 5.38. The van der Waals surface area contributed by atoms with Crippen LogP contribution in [0.5, 0.6) is 0 Å². The van der Waals surface area contributed by atoms with E-state index in [2.05, 4.69) is 10.1 Å². The Labute approximate surface area is 121 Å². The van der Waals surface area contributed by atoms with Gasteiger partial charge in [0.15, 0.2) is 11.4 Å². The van der Waals surface area contributed by atoms with Crippen molar-refractivity contribution in [3.05, 3.63) is 11.7 Å². The maximum absolute atomic E-state index is 12.4. The number of hydrogen-bond acceptors (Lipinski definition) is 7. The number of rotatable bonds is 4. The van der Waals surface area contributed by atoms with E-state index in [0.717, 1.165) is 17.7 Å². The number of imide groups is 1. The summed E-state index contributed by atoms with van der Waals surface area (Å²) < 4.78 is 15.4. The van der Waals surface area contributed by atoms with Crippen molar-refractivity contribution in [1.29, 1.82) is 0 Å². The minimum Gasteiger partial charge on any atom is -0.432 e. The molecule has 0 bridgehead atoms. The quantitative estimate of drug-likeness (QED) is 0.831. The van der Waals surface area contributed by atoms with Gasteiger partial charge in [0.05, 0.1) is 0 Å². The highest BCUT2D eigenvalue weighted by Gasteiger charge is 2.55. The topological polar surface area (TPSA) is 94.8 Å². The average Bonchev–Trinajstić information content (AvgIpc) is 3.17. The van der Waals surface area contributed by atoms with Crippen LogP contribution in [0.3, 0.4) is 0 Å². The van der Waals surface area contributed by atoms with Gasteiger partial charge in [-0.05, 0) is 32.6 Å². The normalized spacial score (nSPS) is 22.1. The molecule has 1 saturated carbocycles. The predicted octanol–water partition coefficient (Wildman–Crippen LogP) is 1.57. The van der Waals surface area contributed by atoms with E-state index >= 15 is 0 Å². The van der Waals surface area contributed by atoms with Gasteiger partial charge in [-0.15, -0.1) is 0 Å². The van der Waals surface area contributed by atoms with Crippen molar-refractivity contribution >= 4 is 12.0 Å². The smallest absolute Gasteiger partial charge is 0.418 e. The van der Waals surface area contributed by atoms with Gasteiger partial charge >= 0.3 is 6.09 Å². The van der Waals surface area contributed by atoms with Gasteiger partial charge < -0.3 is 14.0 Å². The number of amides is 2. The fraction of sp³-hybridized carbons (Fsp3) is 0.692. The molecule has 21 heavy (non-hydrogen) atoms. The summed E-state index contributed by atoms with van der Waals surface area (Å²) in [6.45, 7) is 1.71. The average molecular weight is 295 g/mol. The van der Waals surface area contributed by atoms with Crippen molar-refractivity contribution in [3.8, 4) is 0 Å². The molecular weight excluding hydrogens is 278 g/mol. The summed E-state index contributed by atoms with van der Waals surface area (Å²) in [4.78, 5) is 29.5. The number of carbonyl (C=O) groups excluding carboxylic acids is 2. The summed E-state index contributed by atoms with van der Waals surface area (Å²) in [7, 11) is 1.53. The molecule has 2 amide bonds. The molecule has 8 nitrogen and oxygen atoms in total. The van der Waals surface area contributed by atoms with Gasteiger partial charge in [0.1, 0.15) is 12.6 Å². The summed E-state index contributed by atoms with van der Waals surface area (Å²) in [5.41, 5.74) is -0.959. The van der Waals surface area contributed by atoms with Gasteiger partial charge in [-0.3, -0.25) is 4.79 Å². The summed E-state index contributed by atoms with van der Waals surface area (Å²) >= 11 is 0. The molecule has 1 aromatic heterocycles. The lowest BCUT2D eigenvalue weighted by Crippen LogP contribution is -2.38. The van der Waals surface area contributed by atoms with Gasteiger partial charge in [-0.1, -0.05) is 5.16 Å². The van der Waals surface area contributed by atoms with Gasteiger partial charge in [-0.25, -0.2) is 9.69 Å². The molecule has 114 valence electrons. The number of methoxy groups -OCH3 is 1. The second kappa shape index (κ2) is 5.10. The summed E-state index contributed by atoms with van der Waals surface area (Å²) in [6.07, 6.45) is 2.01. The molecule has 0 N–H and O–H groups in total. The fourth-order valence-corrected chi connectivity index (χ4v) is 2.73. The third-order valence-corrected chi connectivity index (χ3v) is 4.04. The highest BCUT2D eigenvalue weighted by Crippen LogP contribution is 2.39. The van der Waals surface area contributed by atoms with Crippen molar-refractivity contribution in [2.24, 2.45) is 0 Å². The largest absolute Gasteiger partial charge is 0.432 e. The molecule has 8 heteroatoms. The molecule has 1 atom stereocenters. The Kier molecular flexibility index (Phi) is 3.40. The molecule has 2 fully saturated rings. The molecule has 1 unspecified atom stereocenters. The third kappa shape index (κ3) is 2.29. The monoisotopic (exact) mass is 295 g/mol. The van der Waals surface area contributed by atoms with Crippen molar-refractivity contribution in [2.45, 2.75) is 50.9 Å². The lowest BCUT2D eigenvalue weighted by atomic mass is 10.0. The zero-order valence-electron chi connectivity index (χ0n) is 12.0. The van der Waals surface area contributed by atoms with Crippen LogP contribution in [0.2, 0.25) is 0 Å². The van der Waals surface area contributed by atoms with E-state index in [0.29, 0.717) is 18.7 Å². The van der Waals surface area contributed by atoms with Gasteiger partial charge in [0.25, 0.3) is 5.91 Å². The zero-order chi connectivity index (χ0) is 15.0. The van der Waals surface area contributed by atoms with Crippen molar-refractivity contribution in [2.75, 3.05) is 7.11 Å². The lowest BCUT2D eigenvalue weighted by molar-refractivity contribution is -0.137. The van der Waals surface area contributed by atoms with E-state index in [1.807, 2.05) is 0 Å². The Balaban J connectivity index is 1.74. The summed E-state index contributed by atoms with van der Waals surface area (Å²) in [6, 6.07) is 0. The Morgan fingerprint density at radius 2 is 2.10 bits per heavy atom. The first-order valence-electron chi connectivity index (χ1n) is 6.96. The maximum Gasteiger partial charge on any atom is 0.418 e. The zero-order valence-corrected chi connectivity index (χ0v) is 12.0. The molecule has 2 heterocycles. The fourth-order valence-electron chi connectivity index (χ4n) is 2.73. The second-order valence-electron chi connectivity index (χ2n) is 5.38. The number of aromatic nitrogens is 2. The molecule has 2 aliphatic rings. The highest BCUT2D eigenvalue weighted by atomic mass is 16.6. The van der Waals surface area contributed by atoms with E-state index in [4.69, 9.17) is 14.0 Å². The molecule has 1 aliphatic heterocycles. The number of ether oxygens (including phenoxy) is 2. The summed E-state index contributed by atoms with van der Waals surface area (Å²) in [5, 5.41) is 3.77. The van der Waals surface area contributed by atoms with Crippen LogP contribution in [0.25, 0.3) is 0 Å². The maximum atomic E-state index is 12.4. The van der Waals surface area contributed by atoms with Crippen LogP contribution in [0.1, 0.15) is 50.4 Å². The Hall–Kier alpha value is -1.96. The number of carbonyl (C=O) groups is 2. The molecule has 3 rings (SSSR count). The minimum absolute atomic E-state index is 0.0666. The van der Waals surface area contributed by atoms with Crippen LogP contribution in [-0.4, -0.2) is 39.8 Å². The standard InChI is InChI=1S/C13H17N3O5/c1-8(19-2)10-14-9(21-15-10)7-16-11(17)13(20-12(16)18)5-3-4-6-13/h8H,3-7H2,1-2H3. The van der Waals surface area contributed by atoms with E-state index in [1.54, 1.807) is 6.92 Å². The van der Waals surface area contributed by atoms with Gasteiger partial charge in [-0.2, -0.15) is 4.98 Å². The summed E-state index contributed by atoms with van der Waals surface area (Å²) in [5.74, 6) is 0.266. The van der Waals surface area contributed by atoms with Crippen LogP contribution in [0.4, 0.5) is 4.79 Å². The molecular formula is C13H17N3O5. The van der Waals surface area contributed by atoms with Crippen LogP contribution < -0.4 is 0 Å². The molecule has 1 aliphatic carbocycles. The first kappa shape index (κ1) is 14.0. The highest BCUT2D eigenvalue weighted by molar-refractivity contribution is 6.02. The van der Waals surface area contributed by atoms with Gasteiger partial charge in [0.2, 0.25) is 5.89 Å². The van der Waals surface area contributed by atoms with Crippen LogP contribution in [0.15, 0.2) is 4.52 Å². The number of nitrogens with zero attached hydrogens (tertiary/aromatic N) is 3. The Morgan fingerprint density at radius 3 is 2.76 bits per heavy atom.